The number of hydrogen-bond acceptors (Lipinski definition) is 4. The molecule has 0 saturated carbocycles. The highest BCUT2D eigenvalue weighted by molar-refractivity contribution is 5.40. The third-order valence-corrected chi connectivity index (χ3v) is 3.82. The first-order valence-electron chi connectivity index (χ1n) is 6.29. The molecule has 0 aliphatic carbocycles. The highest BCUT2D eigenvalue weighted by Gasteiger charge is 2.35. The van der Waals surface area contributed by atoms with E-state index in [2.05, 4.69) is 20.2 Å². The smallest absolute Gasteiger partial charge is 0.252 e. The van der Waals surface area contributed by atoms with Gasteiger partial charge in [0, 0.05) is 31.7 Å². The molecule has 0 radical (unpaired) electrons. The standard InChI is InChI=1S/C12H18N4O/c1-8-14-11(5-12(17)15-8)16-4-2-3-9-6-13-7-10(9)16/h5,9-10,13H,2-4,6-7H2,1H3,(H,14,15,17). The zero-order valence-corrected chi connectivity index (χ0v) is 10.1. The van der Waals surface area contributed by atoms with E-state index in [-0.39, 0.29) is 5.56 Å². The number of piperidine rings is 1. The van der Waals surface area contributed by atoms with Crippen LogP contribution in [0, 0.1) is 12.8 Å². The van der Waals surface area contributed by atoms with Crippen molar-refractivity contribution in [2.75, 3.05) is 24.5 Å². The van der Waals surface area contributed by atoms with Crippen LogP contribution in [0.15, 0.2) is 10.9 Å². The Hall–Kier alpha value is -1.36. The van der Waals surface area contributed by atoms with Gasteiger partial charge in [0.2, 0.25) is 0 Å². The monoisotopic (exact) mass is 234 g/mol. The molecule has 5 heteroatoms. The lowest BCUT2D eigenvalue weighted by Crippen LogP contribution is -2.46. The van der Waals surface area contributed by atoms with E-state index in [1.54, 1.807) is 6.07 Å². The average molecular weight is 234 g/mol. The first-order valence-corrected chi connectivity index (χ1v) is 6.29. The summed E-state index contributed by atoms with van der Waals surface area (Å²) in [7, 11) is 0. The Morgan fingerprint density at radius 2 is 2.35 bits per heavy atom. The molecule has 2 atom stereocenters. The van der Waals surface area contributed by atoms with Crippen molar-refractivity contribution in [3.63, 3.8) is 0 Å². The number of hydrogen-bond donors (Lipinski definition) is 2. The molecule has 3 heterocycles. The van der Waals surface area contributed by atoms with Gasteiger partial charge in [-0.05, 0) is 25.7 Å². The van der Waals surface area contributed by atoms with Crippen molar-refractivity contribution in [3.05, 3.63) is 22.2 Å². The van der Waals surface area contributed by atoms with Crippen LogP contribution in [-0.4, -0.2) is 35.6 Å². The summed E-state index contributed by atoms with van der Waals surface area (Å²) in [5.74, 6) is 2.25. The summed E-state index contributed by atoms with van der Waals surface area (Å²) in [4.78, 5) is 21.0. The number of H-pyrrole nitrogens is 1. The van der Waals surface area contributed by atoms with Crippen molar-refractivity contribution in [2.45, 2.75) is 25.8 Å². The fourth-order valence-electron chi connectivity index (χ4n) is 3.06. The largest absolute Gasteiger partial charge is 0.352 e. The zero-order valence-electron chi connectivity index (χ0n) is 10.1. The minimum absolute atomic E-state index is 0.0550. The highest BCUT2D eigenvalue weighted by atomic mass is 16.1. The molecule has 2 N–H and O–H groups in total. The number of nitrogens with one attached hydrogen (secondary N) is 2. The maximum Gasteiger partial charge on any atom is 0.252 e. The van der Waals surface area contributed by atoms with Crippen LogP contribution in [-0.2, 0) is 0 Å². The van der Waals surface area contributed by atoms with Gasteiger partial charge in [0.15, 0.2) is 0 Å². The van der Waals surface area contributed by atoms with Crippen LogP contribution in [0.1, 0.15) is 18.7 Å². The summed E-state index contributed by atoms with van der Waals surface area (Å²) in [6.45, 7) is 4.96. The van der Waals surface area contributed by atoms with E-state index in [0.717, 1.165) is 25.5 Å². The number of rotatable bonds is 1. The van der Waals surface area contributed by atoms with E-state index < -0.39 is 0 Å². The van der Waals surface area contributed by atoms with Crippen molar-refractivity contribution in [2.24, 2.45) is 5.92 Å². The third kappa shape index (κ3) is 1.95. The van der Waals surface area contributed by atoms with Gasteiger partial charge >= 0.3 is 0 Å². The first-order chi connectivity index (χ1) is 8.24. The number of fused-ring (bicyclic) bond motifs is 1. The van der Waals surface area contributed by atoms with Crippen LogP contribution in [0.4, 0.5) is 5.82 Å². The second-order valence-electron chi connectivity index (χ2n) is 5.01. The molecular weight excluding hydrogens is 216 g/mol. The molecular formula is C12H18N4O. The Morgan fingerprint density at radius 3 is 3.18 bits per heavy atom. The minimum Gasteiger partial charge on any atom is -0.352 e. The third-order valence-electron chi connectivity index (χ3n) is 3.82. The number of aromatic amines is 1. The van der Waals surface area contributed by atoms with Crippen molar-refractivity contribution in [1.82, 2.24) is 15.3 Å². The second-order valence-corrected chi connectivity index (χ2v) is 5.01. The topological polar surface area (TPSA) is 61.0 Å². The van der Waals surface area contributed by atoms with Crippen LogP contribution in [0.3, 0.4) is 0 Å². The summed E-state index contributed by atoms with van der Waals surface area (Å²) in [5, 5.41) is 3.44. The molecule has 2 aliphatic heterocycles. The van der Waals surface area contributed by atoms with E-state index in [9.17, 15) is 4.79 Å². The molecule has 1 aromatic heterocycles. The Kier molecular flexibility index (Phi) is 2.63. The summed E-state index contributed by atoms with van der Waals surface area (Å²) >= 11 is 0. The summed E-state index contributed by atoms with van der Waals surface area (Å²) in [6.07, 6.45) is 2.48. The lowest BCUT2D eigenvalue weighted by Gasteiger charge is -2.37. The van der Waals surface area contributed by atoms with E-state index >= 15 is 0 Å². The maximum absolute atomic E-state index is 11.5. The van der Waals surface area contributed by atoms with Crippen molar-refractivity contribution < 1.29 is 0 Å². The molecule has 0 amide bonds. The van der Waals surface area contributed by atoms with Gasteiger partial charge < -0.3 is 15.2 Å². The highest BCUT2D eigenvalue weighted by Crippen LogP contribution is 2.29. The van der Waals surface area contributed by atoms with Gasteiger partial charge in [-0.1, -0.05) is 0 Å². The maximum atomic E-state index is 11.5. The van der Waals surface area contributed by atoms with Gasteiger partial charge in [-0.15, -0.1) is 0 Å². The predicted octanol–water partition coefficient (Wildman–Crippen LogP) is 0.267. The van der Waals surface area contributed by atoms with Gasteiger partial charge in [-0.25, -0.2) is 4.98 Å². The van der Waals surface area contributed by atoms with Crippen LogP contribution in [0.2, 0.25) is 0 Å². The zero-order chi connectivity index (χ0) is 11.8. The lowest BCUT2D eigenvalue weighted by molar-refractivity contribution is 0.383. The molecule has 0 bridgehead atoms. The van der Waals surface area contributed by atoms with Crippen LogP contribution < -0.4 is 15.8 Å². The van der Waals surface area contributed by atoms with Crippen LogP contribution in [0.5, 0.6) is 0 Å². The van der Waals surface area contributed by atoms with E-state index in [1.807, 2.05) is 6.92 Å². The second kappa shape index (κ2) is 4.14. The van der Waals surface area contributed by atoms with Crippen molar-refractivity contribution in [3.8, 4) is 0 Å². The average Bonchev–Trinajstić information content (AvgIpc) is 2.75. The quantitative estimate of drug-likeness (QED) is 0.732. The summed E-state index contributed by atoms with van der Waals surface area (Å²) in [6, 6.07) is 2.13. The minimum atomic E-state index is -0.0550. The molecule has 1 aromatic rings. The summed E-state index contributed by atoms with van der Waals surface area (Å²) in [5.41, 5.74) is -0.0550. The fourth-order valence-corrected chi connectivity index (χ4v) is 3.06. The van der Waals surface area contributed by atoms with Crippen molar-refractivity contribution >= 4 is 5.82 Å². The van der Waals surface area contributed by atoms with Gasteiger partial charge in [0.05, 0.1) is 0 Å². The van der Waals surface area contributed by atoms with Gasteiger partial charge in [0.25, 0.3) is 5.56 Å². The Balaban J connectivity index is 1.94. The van der Waals surface area contributed by atoms with Crippen LogP contribution in [0.25, 0.3) is 0 Å². The lowest BCUT2D eigenvalue weighted by atomic mass is 9.92. The molecule has 2 aliphatic rings. The van der Waals surface area contributed by atoms with E-state index in [1.165, 1.54) is 12.8 Å². The molecule has 3 rings (SSSR count). The van der Waals surface area contributed by atoms with Gasteiger partial charge in [-0.3, -0.25) is 4.79 Å². The molecule has 2 saturated heterocycles. The van der Waals surface area contributed by atoms with Crippen LogP contribution >= 0.6 is 0 Å². The Morgan fingerprint density at radius 1 is 1.47 bits per heavy atom. The molecule has 5 nitrogen and oxygen atoms in total. The van der Waals surface area contributed by atoms with E-state index in [4.69, 9.17) is 0 Å². The molecule has 2 unspecified atom stereocenters. The molecule has 0 aromatic carbocycles. The molecule has 17 heavy (non-hydrogen) atoms. The Labute approximate surface area is 100 Å². The number of anilines is 1. The summed E-state index contributed by atoms with van der Waals surface area (Å²) < 4.78 is 0. The number of aryl methyl sites for hydroxylation is 1. The van der Waals surface area contributed by atoms with Gasteiger partial charge in [-0.2, -0.15) is 0 Å². The number of nitrogens with zero attached hydrogens (tertiary/aromatic N) is 2. The molecule has 2 fully saturated rings. The van der Waals surface area contributed by atoms with E-state index in [0.29, 0.717) is 17.8 Å². The normalized spacial score (nSPS) is 28.2. The fraction of sp³-hybridized carbons (Fsp3) is 0.667. The number of aromatic nitrogens is 2. The van der Waals surface area contributed by atoms with Gasteiger partial charge in [0.1, 0.15) is 11.6 Å². The SMILES string of the molecule is Cc1nc(N2CCCC3CNCC32)cc(=O)[nH]1. The van der Waals surface area contributed by atoms with Crippen molar-refractivity contribution in [1.29, 1.82) is 0 Å². The molecule has 92 valence electrons. The molecule has 0 spiro atoms. The predicted molar refractivity (Wildman–Crippen MR) is 66.3 cm³/mol. The Bertz CT molecular complexity index is 470. The first kappa shape index (κ1) is 10.8.